The molecule has 0 amide bonds. The highest BCUT2D eigenvalue weighted by atomic mass is 35.5. The molecule has 0 spiro atoms. The zero-order valence-electron chi connectivity index (χ0n) is 24.0. The maximum Gasteiger partial charge on any atom is 0.490 e. The number of carboxylic acids is 2. The van der Waals surface area contributed by atoms with Gasteiger partial charge in [0.2, 0.25) is 0 Å². The molecule has 12 nitrogen and oxygen atoms in total. The van der Waals surface area contributed by atoms with Crippen LogP contribution in [0, 0.1) is 18.3 Å². The predicted molar refractivity (Wildman–Crippen MR) is 153 cm³/mol. The number of hydrogen-bond acceptors (Lipinski definition) is 7. The van der Waals surface area contributed by atoms with Crippen LogP contribution in [0.1, 0.15) is 17.8 Å². The molecule has 0 aliphatic carbocycles. The minimum absolute atomic E-state index is 0.283. The average Bonchev–Trinajstić information content (AvgIpc) is 3.68. The Bertz CT molecular complexity index is 1950. The number of aliphatic carboxylic acids is 2. The molecule has 0 unspecified atom stereocenters. The molecule has 6 rings (SSSR count). The van der Waals surface area contributed by atoms with Crippen molar-refractivity contribution in [2.24, 2.45) is 0 Å². The summed E-state index contributed by atoms with van der Waals surface area (Å²) in [5.41, 5.74) is 5.57. The van der Waals surface area contributed by atoms with E-state index >= 15 is 0 Å². The van der Waals surface area contributed by atoms with Crippen LogP contribution in [-0.2, 0) is 21.7 Å². The number of benzene rings is 1. The summed E-state index contributed by atoms with van der Waals surface area (Å²) < 4.78 is 69.7. The highest BCUT2D eigenvalue weighted by molar-refractivity contribution is 6.30. The van der Waals surface area contributed by atoms with Crippen LogP contribution in [0.3, 0.4) is 0 Å². The topological polar surface area (TPSA) is 163 Å². The Labute approximate surface area is 265 Å². The zero-order chi connectivity index (χ0) is 34.7. The van der Waals surface area contributed by atoms with E-state index in [0.29, 0.717) is 18.0 Å². The monoisotopic (exact) mass is 684 g/mol. The van der Waals surface area contributed by atoms with Gasteiger partial charge >= 0.3 is 24.3 Å². The molecular weight excluding hydrogens is 662 g/mol. The Hall–Kier alpha value is -5.15. The first-order chi connectivity index (χ1) is 22.0. The average molecular weight is 685 g/mol. The molecule has 19 heteroatoms. The number of aromatic nitrogens is 6. The molecule has 0 bridgehead atoms. The first-order valence-corrected chi connectivity index (χ1v) is 13.7. The molecule has 1 saturated heterocycles. The van der Waals surface area contributed by atoms with E-state index in [9.17, 15) is 31.6 Å². The summed E-state index contributed by atoms with van der Waals surface area (Å²) in [6, 6.07) is 18.5. The summed E-state index contributed by atoms with van der Waals surface area (Å²) >= 11 is 6.27. The first-order valence-electron chi connectivity index (χ1n) is 13.3. The van der Waals surface area contributed by atoms with Crippen LogP contribution in [0.4, 0.5) is 26.3 Å². The summed E-state index contributed by atoms with van der Waals surface area (Å²) in [5, 5.41) is 41.1. The third-order valence-electron chi connectivity index (χ3n) is 6.97. The van der Waals surface area contributed by atoms with Gasteiger partial charge in [0.1, 0.15) is 17.1 Å². The lowest BCUT2D eigenvalue weighted by molar-refractivity contribution is -0.193. The summed E-state index contributed by atoms with van der Waals surface area (Å²) in [6.45, 7) is 4.09. The molecule has 3 N–H and O–H groups in total. The third kappa shape index (κ3) is 7.64. The van der Waals surface area contributed by atoms with Gasteiger partial charge in [-0.3, -0.25) is 9.08 Å². The van der Waals surface area contributed by atoms with Crippen molar-refractivity contribution < 1.29 is 46.1 Å². The molecule has 0 saturated carbocycles. The maximum absolute atomic E-state index is 10.6. The summed E-state index contributed by atoms with van der Waals surface area (Å²) in [7, 11) is 0. The van der Waals surface area contributed by atoms with Gasteiger partial charge in [0.15, 0.2) is 5.65 Å². The summed E-state index contributed by atoms with van der Waals surface area (Å²) in [4.78, 5) is 17.8. The smallest absolute Gasteiger partial charge is 0.475 e. The van der Waals surface area contributed by atoms with Gasteiger partial charge in [0.25, 0.3) is 0 Å². The molecule has 4 aromatic heterocycles. The van der Waals surface area contributed by atoms with E-state index in [4.69, 9.17) is 36.5 Å². The van der Waals surface area contributed by atoms with Crippen LogP contribution < -0.4 is 5.32 Å². The second-order valence-corrected chi connectivity index (χ2v) is 10.6. The number of nitrogens with one attached hydrogen (secondary N) is 1. The van der Waals surface area contributed by atoms with Gasteiger partial charge in [-0.25, -0.2) is 9.59 Å². The number of nitrogens with zero attached hydrogens (tertiary/aromatic N) is 7. The number of rotatable bonds is 5. The van der Waals surface area contributed by atoms with Crippen LogP contribution in [0.15, 0.2) is 54.7 Å². The van der Waals surface area contributed by atoms with Crippen molar-refractivity contribution in [3.8, 4) is 17.5 Å². The number of carboxylic acid groups (broad SMARTS) is 2. The highest BCUT2D eigenvalue weighted by Gasteiger charge is 2.40. The number of alkyl halides is 6. The quantitative estimate of drug-likeness (QED) is 0.215. The zero-order valence-corrected chi connectivity index (χ0v) is 24.8. The van der Waals surface area contributed by atoms with Crippen LogP contribution in [0.5, 0.6) is 0 Å². The number of fused-ring (bicyclic) bond motifs is 3. The Morgan fingerprint density at radius 2 is 1.64 bits per heavy atom. The van der Waals surface area contributed by atoms with Crippen molar-refractivity contribution in [1.29, 1.82) is 5.26 Å². The van der Waals surface area contributed by atoms with Gasteiger partial charge in [-0.05, 0) is 48.9 Å². The van der Waals surface area contributed by atoms with Gasteiger partial charge in [0.05, 0.1) is 29.2 Å². The van der Waals surface area contributed by atoms with Gasteiger partial charge in [-0.1, -0.05) is 23.7 Å². The van der Waals surface area contributed by atoms with E-state index in [-0.39, 0.29) is 5.54 Å². The second-order valence-electron chi connectivity index (χ2n) is 10.2. The van der Waals surface area contributed by atoms with Crippen molar-refractivity contribution >= 4 is 40.2 Å². The number of pyridine rings is 1. The predicted octanol–water partition coefficient (Wildman–Crippen LogP) is 5.04. The van der Waals surface area contributed by atoms with Gasteiger partial charge in [0, 0.05) is 30.9 Å². The Kier molecular flexibility index (Phi) is 9.82. The molecule has 5 aromatic rings. The molecule has 5 heterocycles. The Balaban J connectivity index is 0.000000301. The van der Waals surface area contributed by atoms with Crippen LogP contribution in [0.25, 0.3) is 28.1 Å². The molecule has 248 valence electrons. The van der Waals surface area contributed by atoms with Gasteiger partial charge < -0.3 is 20.1 Å². The first kappa shape index (κ1) is 34.7. The number of carbonyl (C=O) groups is 2. The third-order valence-corrected chi connectivity index (χ3v) is 7.20. The van der Waals surface area contributed by atoms with E-state index in [1.54, 1.807) is 0 Å². The van der Waals surface area contributed by atoms with Crippen molar-refractivity contribution in [2.45, 2.75) is 37.8 Å². The van der Waals surface area contributed by atoms with Crippen molar-refractivity contribution in [1.82, 2.24) is 34.3 Å². The van der Waals surface area contributed by atoms with Crippen molar-refractivity contribution in [3.63, 3.8) is 0 Å². The van der Waals surface area contributed by atoms with Crippen LogP contribution >= 0.6 is 11.6 Å². The van der Waals surface area contributed by atoms with E-state index in [1.165, 1.54) is 0 Å². The second kappa shape index (κ2) is 13.3. The minimum atomic E-state index is -5.08. The molecule has 1 fully saturated rings. The van der Waals surface area contributed by atoms with Crippen molar-refractivity contribution in [2.75, 3.05) is 13.1 Å². The van der Waals surface area contributed by atoms with Crippen LogP contribution in [0.2, 0.25) is 5.02 Å². The lowest BCUT2D eigenvalue weighted by Gasteiger charge is -2.41. The number of aryl methyl sites for hydroxylation is 1. The molecule has 0 radical (unpaired) electrons. The van der Waals surface area contributed by atoms with Crippen molar-refractivity contribution in [3.05, 3.63) is 71.1 Å². The largest absolute Gasteiger partial charge is 0.490 e. The Morgan fingerprint density at radius 1 is 1.00 bits per heavy atom. The molecule has 1 aromatic carbocycles. The van der Waals surface area contributed by atoms with Gasteiger partial charge in [-0.2, -0.15) is 36.7 Å². The molecular formula is C28H23ClF6N8O4. The Morgan fingerprint density at radius 3 is 2.17 bits per heavy atom. The fourth-order valence-corrected chi connectivity index (χ4v) is 4.91. The number of nitriles is 1. The normalized spacial score (nSPS) is 13.9. The molecule has 47 heavy (non-hydrogen) atoms. The maximum atomic E-state index is 10.6. The van der Waals surface area contributed by atoms with E-state index < -0.39 is 24.3 Å². The summed E-state index contributed by atoms with van der Waals surface area (Å²) in [5.74, 6) is -4.68. The lowest BCUT2D eigenvalue weighted by Crippen LogP contribution is -2.60. The summed E-state index contributed by atoms with van der Waals surface area (Å²) in [6.07, 6.45) is -7.76. The molecule has 1 aliphatic heterocycles. The van der Waals surface area contributed by atoms with E-state index in [2.05, 4.69) is 48.8 Å². The van der Waals surface area contributed by atoms with E-state index in [1.807, 2.05) is 48.1 Å². The standard InChI is InChI=1S/C24H21ClN8.2C2HF3O2/c1-16-28-29-23-6-5-20-22(33(16)23)12-21(31(20)13-17-3-2-4-18(25)11-17)19-7-10-32(30-19)24(8-9-26)14-27-15-24;2*3-2(4,5)1(6)7/h2-7,10-12,27H,8,13-15H2,1H3;2*(H,6,7). The fraction of sp³-hybridized carbons (Fsp3) is 0.286. The van der Waals surface area contributed by atoms with Gasteiger partial charge in [-0.15, -0.1) is 10.2 Å². The number of halogens is 7. The van der Waals surface area contributed by atoms with E-state index in [0.717, 1.165) is 52.5 Å². The van der Waals surface area contributed by atoms with Crippen LogP contribution in [-0.4, -0.2) is 76.5 Å². The molecule has 0 atom stereocenters. The fourth-order valence-electron chi connectivity index (χ4n) is 4.70. The SMILES string of the molecule is Cc1nnc2ccc3c(cc(-c4ccn(C5(CC#N)CNC5)n4)n3Cc3cccc(Cl)c3)n12.O=C(O)C(F)(F)F.O=C(O)C(F)(F)F. The number of hydrogen-bond donors (Lipinski definition) is 3. The lowest BCUT2D eigenvalue weighted by atomic mass is 9.89. The highest BCUT2D eigenvalue weighted by Crippen LogP contribution is 2.32. The molecule has 1 aliphatic rings. The minimum Gasteiger partial charge on any atom is -0.475 e.